The molecule has 0 aromatic rings. The van der Waals surface area contributed by atoms with Crippen LogP contribution in [0.1, 0.15) is 103 Å². The number of carbonyl (C=O) groups excluding carboxylic acids is 1. The topological polar surface area (TPSA) is 20.3 Å². The third-order valence-corrected chi connectivity index (χ3v) is 11.4. The van der Waals surface area contributed by atoms with Crippen molar-refractivity contribution in [3.05, 3.63) is 11.8 Å². The highest BCUT2D eigenvalue weighted by Gasteiger charge is 2.38. The maximum atomic E-state index is 12.2. The van der Waals surface area contributed by atoms with Crippen LogP contribution in [0.4, 0.5) is 0 Å². The Morgan fingerprint density at radius 1 is 0.731 bits per heavy atom. The zero-order valence-electron chi connectivity index (χ0n) is 16.6. The van der Waals surface area contributed by atoms with Gasteiger partial charge in [-0.15, -0.1) is 0 Å². The number of nitrogens with zero attached hydrogens (tertiary/aromatic N) is 1. The summed E-state index contributed by atoms with van der Waals surface area (Å²) >= 11 is 0. The van der Waals surface area contributed by atoms with E-state index in [2.05, 4.69) is 11.1 Å². The Morgan fingerprint density at radius 3 is 1.92 bits per heavy atom. The number of hydrogen-bond donors (Lipinski definition) is 0. The summed E-state index contributed by atoms with van der Waals surface area (Å²) in [5.74, 6) is 0.376. The fraction of sp³-hybridized carbons (Fsp3) is 0.870. The van der Waals surface area contributed by atoms with Gasteiger partial charge in [0.15, 0.2) is 0 Å². The number of hydrogen-bond acceptors (Lipinski definition) is 1. The lowest BCUT2D eigenvalue weighted by Crippen LogP contribution is -2.30. The predicted octanol–water partition coefficient (Wildman–Crippen LogP) is 6.58. The predicted molar refractivity (Wildman–Crippen MR) is 112 cm³/mol. The molecule has 146 valence electrons. The minimum absolute atomic E-state index is 0.105. The molecule has 4 rings (SSSR count). The molecule has 4 fully saturated rings. The van der Waals surface area contributed by atoms with Crippen LogP contribution in [0.5, 0.6) is 0 Å². The van der Waals surface area contributed by atoms with Crippen molar-refractivity contribution in [3.63, 3.8) is 0 Å². The zero-order valence-corrected chi connectivity index (χ0v) is 17.5. The number of rotatable bonds is 4. The van der Waals surface area contributed by atoms with Gasteiger partial charge in [-0.3, -0.25) is 4.79 Å². The molecular weight excluding hydrogens is 337 g/mol. The number of carbonyl (C=O) groups is 1. The van der Waals surface area contributed by atoms with Crippen LogP contribution in [-0.4, -0.2) is 34.3 Å². The van der Waals surface area contributed by atoms with Gasteiger partial charge >= 0.3 is 0 Å². The Labute approximate surface area is 161 Å². The summed E-state index contributed by atoms with van der Waals surface area (Å²) in [6.07, 6.45) is 24.6. The molecule has 3 saturated carbocycles. The van der Waals surface area contributed by atoms with E-state index in [9.17, 15) is 4.79 Å². The molecule has 0 aromatic carbocycles. The van der Waals surface area contributed by atoms with E-state index in [0.29, 0.717) is 5.91 Å². The van der Waals surface area contributed by atoms with E-state index in [1.54, 1.807) is 5.57 Å². The van der Waals surface area contributed by atoms with E-state index in [0.717, 1.165) is 36.4 Å². The molecule has 3 heteroatoms. The molecule has 1 aliphatic heterocycles. The van der Waals surface area contributed by atoms with Crippen LogP contribution in [0.25, 0.3) is 0 Å². The molecule has 0 aromatic heterocycles. The normalized spacial score (nSPS) is 31.3. The number of allylic oxidation sites excluding steroid dienone is 1. The molecule has 1 saturated heterocycles. The van der Waals surface area contributed by atoms with E-state index in [1.165, 1.54) is 89.9 Å². The van der Waals surface area contributed by atoms with Crippen LogP contribution in [0, 0.1) is 0 Å². The maximum absolute atomic E-state index is 12.2. The summed E-state index contributed by atoms with van der Waals surface area (Å²) in [5, 5.41) is 0. The van der Waals surface area contributed by atoms with Crippen LogP contribution in [-0.2, 0) is 4.79 Å². The van der Waals surface area contributed by atoms with Crippen molar-refractivity contribution in [3.8, 4) is 0 Å². The maximum Gasteiger partial charge on any atom is 0.226 e. The van der Waals surface area contributed by atoms with Gasteiger partial charge < -0.3 is 4.90 Å². The molecule has 1 heterocycles. The van der Waals surface area contributed by atoms with Gasteiger partial charge in [-0.25, -0.2) is 0 Å². The van der Waals surface area contributed by atoms with E-state index >= 15 is 0 Å². The lowest BCUT2D eigenvalue weighted by atomic mass is 9.94. The van der Waals surface area contributed by atoms with Gasteiger partial charge in [0.1, 0.15) is 0 Å². The Morgan fingerprint density at radius 2 is 1.35 bits per heavy atom. The summed E-state index contributed by atoms with van der Waals surface area (Å²) in [6, 6.07) is 0. The molecule has 1 atom stereocenters. The Bertz CT molecular complexity index is 486. The summed E-state index contributed by atoms with van der Waals surface area (Å²) < 4.78 is 0. The van der Waals surface area contributed by atoms with Crippen LogP contribution in [0.2, 0.25) is 0 Å². The van der Waals surface area contributed by atoms with Crippen molar-refractivity contribution in [2.24, 2.45) is 0 Å². The van der Waals surface area contributed by atoms with Gasteiger partial charge in [-0.05, 0) is 68.3 Å². The average Bonchev–Trinajstić information content (AvgIpc) is 3.10. The van der Waals surface area contributed by atoms with Crippen LogP contribution >= 0.6 is 7.92 Å². The second-order valence-corrected chi connectivity index (χ2v) is 12.2. The molecule has 1 unspecified atom stereocenters. The highest BCUT2D eigenvalue weighted by atomic mass is 31.1. The van der Waals surface area contributed by atoms with Crippen LogP contribution < -0.4 is 0 Å². The summed E-state index contributed by atoms with van der Waals surface area (Å²) in [7, 11) is 0.105. The highest BCUT2D eigenvalue weighted by Crippen LogP contribution is 2.62. The van der Waals surface area contributed by atoms with Crippen molar-refractivity contribution >= 4 is 13.8 Å². The second-order valence-electron chi connectivity index (χ2n) is 9.19. The van der Waals surface area contributed by atoms with Gasteiger partial charge in [-0.1, -0.05) is 52.9 Å². The molecule has 4 aliphatic rings. The third kappa shape index (κ3) is 4.37. The minimum atomic E-state index is 0.105. The van der Waals surface area contributed by atoms with Gasteiger partial charge in [-0.2, -0.15) is 0 Å². The van der Waals surface area contributed by atoms with Gasteiger partial charge in [0.05, 0.1) is 0 Å². The van der Waals surface area contributed by atoms with Crippen LogP contribution in [0.15, 0.2) is 11.8 Å². The first-order valence-electron chi connectivity index (χ1n) is 11.6. The third-order valence-electron chi connectivity index (χ3n) is 7.41. The molecule has 0 spiro atoms. The second kappa shape index (κ2) is 9.22. The monoisotopic (exact) mass is 375 g/mol. The van der Waals surface area contributed by atoms with Gasteiger partial charge in [0, 0.05) is 24.8 Å². The molecule has 3 aliphatic carbocycles. The average molecular weight is 376 g/mol. The Kier molecular flexibility index (Phi) is 6.73. The zero-order chi connectivity index (χ0) is 17.8. The molecule has 0 radical (unpaired) electrons. The number of likely N-dealkylation sites (tertiary alicyclic amines) is 1. The van der Waals surface area contributed by atoms with Gasteiger partial charge in [0.25, 0.3) is 0 Å². The quantitative estimate of drug-likeness (QED) is 0.508. The molecule has 0 N–H and O–H groups in total. The van der Waals surface area contributed by atoms with E-state index in [1.807, 2.05) is 0 Å². The van der Waals surface area contributed by atoms with E-state index < -0.39 is 0 Å². The summed E-state index contributed by atoms with van der Waals surface area (Å²) in [6.45, 7) is 0.972. The summed E-state index contributed by atoms with van der Waals surface area (Å²) in [5.41, 5.74) is 4.59. The van der Waals surface area contributed by atoms with Gasteiger partial charge in [0.2, 0.25) is 5.91 Å². The van der Waals surface area contributed by atoms with Crippen molar-refractivity contribution in [1.29, 1.82) is 0 Å². The van der Waals surface area contributed by atoms with Crippen LogP contribution in [0.3, 0.4) is 0 Å². The highest BCUT2D eigenvalue weighted by molar-refractivity contribution is 7.60. The molecule has 2 nitrogen and oxygen atoms in total. The fourth-order valence-corrected chi connectivity index (χ4v) is 10.7. The Balaban J connectivity index is 1.58. The molecule has 0 bridgehead atoms. The van der Waals surface area contributed by atoms with Crippen molar-refractivity contribution in [2.75, 3.05) is 6.54 Å². The molecule has 26 heavy (non-hydrogen) atoms. The minimum Gasteiger partial charge on any atom is -0.319 e. The number of amides is 1. The molecular formula is C23H38NOP. The first kappa shape index (κ1) is 19.0. The Hall–Kier alpha value is -0.360. The lowest BCUT2D eigenvalue weighted by Gasteiger charge is -2.45. The first-order chi connectivity index (χ1) is 12.8. The van der Waals surface area contributed by atoms with Crippen molar-refractivity contribution in [2.45, 2.75) is 120 Å². The van der Waals surface area contributed by atoms with E-state index in [4.69, 9.17) is 0 Å². The SMILES string of the molecule is O=C1CCCN1C=C1CCCCC1P(C1CCCCC1)C1CCCCC1. The molecule has 1 amide bonds. The standard InChI is InChI=1S/C23H38NOP/c25-23-16-9-17-24(23)18-19-10-7-8-15-22(19)26(20-11-3-1-4-12-20)21-13-5-2-6-14-21/h18,20-22H,1-17H2. The van der Waals surface area contributed by atoms with E-state index in [-0.39, 0.29) is 7.92 Å². The van der Waals surface area contributed by atoms with Crippen molar-refractivity contribution < 1.29 is 4.79 Å². The fourth-order valence-electron chi connectivity index (χ4n) is 6.08. The largest absolute Gasteiger partial charge is 0.319 e. The smallest absolute Gasteiger partial charge is 0.226 e. The lowest BCUT2D eigenvalue weighted by molar-refractivity contribution is -0.125. The summed E-state index contributed by atoms with van der Waals surface area (Å²) in [4.78, 5) is 14.3. The first-order valence-corrected chi connectivity index (χ1v) is 13.2. The van der Waals surface area contributed by atoms with Crippen molar-refractivity contribution in [1.82, 2.24) is 4.90 Å².